The number of azo groups is 1. The molecule has 0 amide bonds. The largest absolute Gasteiger partial charge is 0.311 e. The predicted molar refractivity (Wildman–Crippen MR) is 52.7 cm³/mol. The second kappa shape index (κ2) is 4.84. The highest BCUT2D eigenvalue weighted by molar-refractivity contribution is 7.09. The summed E-state index contributed by atoms with van der Waals surface area (Å²) in [6.45, 7) is 0.214. The summed E-state index contributed by atoms with van der Waals surface area (Å²) in [6.07, 6.45) is 1.12. The molecule has 1 rings (SSSR count). The standard InChI is InChI=1S/C7H6ClN3OS/c8-7(12)5-3-13-4-6(5)11-10-2-1-9/h1,3-4,9H,2H2. The normalized spacial score (nSPS) is 10.5. The van der Waals surface area contributed by atoms with E-state index < -0.39 is 5.24 Å². The van der Waals surface area contributed by atoms with Gasteiger partial charge in [-0.15, -0.1) is 11.3 Å². The number of carbonyl (C=O) groups excluding carboxylic acids is 1. The van der Waals surface area contributed by atoms with Crippen LogP contribution >= 0.6 is 22.9 Å². The highest BCUT2D eigenvalue weighted by atomic mass is 35.5. The molecule has 0 aliphatic heterocycles. The third-order valence-corrected chi connectivity index (χ3v) is 2.14. The van der Waals surface area contributed by atoms with Crippen molar-refractivity contribution in [1.82, 2.24) is 0 Å². The van der Waals surface area contributed by atoms with Gasteiger partial charge in [-0.05, 0) is 11.6 Å². The van der Waals surface area contributed by atoms with Gasteiger partial charge in [0.2, 0.25) is 0 Å². The minimum atomic E-state index is -0.537. The van der Waals surface area contributed by atoms with Crippen LogP contribution in [0.15, 0.2) is 21.0 Å². The second-order valence-electron chi connectivity index (χ2n) is 2.07. The SMILES string of the molecule is N=CCN=Nc1cscc1C(=O)Cl. The third-order valence-electron chi connectivity index (χ3n) is 1.20. The van der Waals surface area contributed by atoms with E-state index in [1.54, 1.807) is 10.8 Å². The molecule has 0 aliphatic carbocycles. The first-order valence-corrected chi connectivity index (χ1v) is 4.70. The van der Waals surface area contributed by atoms with Gasteiger partial charge in [0.25, 0.3) is 5.24 Å². The molecule has 1 aromatic rings. The van der Waals surface area contributed by atoms with Crippen LogP contribution in [0.5, 0.6) is 0 Å². The molecule has 0 atom stereocenters. The van der Waals surface area contributed by atoms with Crippen molar-refractivity contribution in [3.63, 3.8) is 0 Å². The Morgan fingerprint density at radius 3 is 3.08 bits per heavy atom. The quantitative estimate of drug-likeness (QED) is 0.469. The number of rotatable bonds is 4. The molecule has 0 radical (unpaired) electrons. The molecular weight excluding hydrogens is 210 g/mol. The maximum absolute atomic E-state index is 10.8. The highest BCUT2D eigenvalue weighted by Gasteiger charge is 2.08. The van der Waals surface area contributed by atoms with Gasteiger partial charge in [0, 0.05) is 17.0 Å². The van der Waals surface area contributed by atoms with Crippen LogP contribution in [0.25, 0.3) is 0 Å². The Kier molecular flexibility index (Phi) is 3.72. The summed E-state index contributed by atoms with van der Waals surface area (Å²) in [5.74, 6) is 0. The Hall–Kier alpha value is -1.07. The third kappa shape index (κ3) is 2.71. The molecule has 0 spiro atoms. The van der Waals surface area contributed by atoms with Crippen LogP contribution in [0.3, 0.4) is 0 Å². The van der Waals surface area contributed by atoms with Gasteiger partial charge in [-0.1, -0.05) is 0 Å². The van der Waals surface area contributed by atoms with Gasteiger partial charge >= 0.3 is 0 Å². The van der Waals surface area contributed by atoms with Crippen molar-refractivity contribution in [2.75, 3.05) is 6.54 Å². The Labute approximate surface area is 83.8 Å². The van der Waals surface area contributed by atoms with Gasteiger partial charge in [-0.2, -0.15) is 10.2 Å². The molecule has 13 heavy (non-hydrogen) atoms. The molecule has 0 unspecified atom stereocenters. The van der Waals surface area contributed by atoms with Gasteiger partial charge in [0.1, 0.15) is 5.69 Å². The van der Waals surface area contributed by atoms with Crippen molar-refractivity contribution in [3.8, 4) is 0 Å². The van der Waals surface area contributed by atoms with E-state index in [2.05, 4.69) is 10.2 Å². The van der Waals surface area contributed by atoms with E-state index in [0.29, 0.717) is 11.3 Å². The smallest absolute Gasteiger partial charge is 0.255 e. The van der Waals surface area contributed by atoms with Crippen molar-refractivity contribution < 1.29 is 4.79 Å². The van der Waals surface area contributed by atoms with E-state index in [1.807, 2.05) is 0 Å². The first-order valence-electron chi connectivity index (χ1n) is 3.38. The van der Waals surface area contributed by atoms with E-state index in [4.69, 9.17) is 17.0 Å². The van der Waals surface area contributed by atoms with Crippen molar-refractivity contribution in [2.24, 2.45) is 10.2 Å². The van der Waals surface area contributed by atoms with Crippen LogP contribution in [-0.2, 0) is 0 Å². The number of hydrogen-bond donors (Lipinski definition) is 1. The molecule has 6 heteroatoms. The first-order chi connectivity index (χ1) is 6.25. The van der Waals surface area contributed by atoms with E-state index in [-0.39, 0.29) is 6.54 Å². The fraction of sp³-hybridized carbons (Fsp3) is 0.143. The molecular formula is C7H6ClN3OS. The molecule has 0 aromatic carbocycles. The molecule has 0 aliphatic rings. The molecule has 0 fully saturated rings. The molecule has 0 bridgehead atoms. The minimum absolute atomic E-state index is 0.214. The molecule has 68 valence electrons. The van der Waals surface area contributed by atoms with E-state index >= 15 is 0 Å². The van der Waals surface area contributed by atoms with Crippen LogP contribution < -0.4 is 0 Å². The van der Waals surface area contributed by atoms with Crippen LogP contribution in [-0.4, -0.2) is 18.0 Å². The first kappa shape index (κ1) is 10.0. The van der Waals surface area contributed by atoms with Crippen LogP contribution in [0, 0.1) is 5.41 Å². The van der Waals surface area contributed by atoms with Gasteiger partial charge in [-0.3, -0.25) is 4.79 Å². The summed E-state index contributed by atoms with van der Waals surface area (Å²) in [6, 6.07) is 0. The Morgan fingerprint density at radius 2 is 2.46 bits per heavy atom. The fourth-order valence-electron chi connectivity index (χ4n) is 0.673. The lowest BCUT2D eigenvalue weighted by Gasteiger charge is -1.88. The van der Waals surface area contributed by atoms with Crippen LogP contribution in [0.4, 0.5) is 5.69 Å². The number of nitrogens with zero attached hydrogens (tertiary/aromatic N) is 2. The number of nitrogens with one attached hydrogen (secondary N) is 1. The zero-order valence-electron chi connectivity index (χ0n) is 6.53. The molecule has 0 saturated heterocycles. The molecule has 1 heterocycles. The maximum atomic E-state index is 10.8. The summed E-state index contributed by atoms with van der Waals surface area (Å²) in [7, 11) is 0. The summed E-state index contributed by atoms with van der Waals surface area (Å²) in [4.78, 5) is 10.8. The van der Waals surface area contributed by atoms with Gasteiger partial charge < -0.3 is 5.41 Å². The van der Waals surface area contributed by atoms with Crippen molar-refractivity contribution in [3.05, 3.63) is 16.3 Å². The number of carbonyl (C=O) groups is 1. The van der Waals surface area contributed by atoms with Crippen molar-refractivity contribution in [1.29, 1.82) is 5.41 Å². The van der Waals surface area contributed by atoms with Crippen molar-refractivity contribution in [2.45, 2.75) is 0 Å². The predicted octanol–water partition coefficient (Wildman–Crippen LogP) is 2.86. The molecule has 4 nitrogen and oxygen atoms in total. The monoisotopic (exact) mass is 215 g/mol. The minimum Gasteiger partial charge on any atom is -0.311 e. The van der Waals surface area contributed by atoms with Gasteiger partial charge in [-0.25, -0.2) is 0 Å². The zero-order chi connectivity index (χ0) is 9.68. The second-order valence-corrected chi connectivity index (χ2v) is 3.16. The van der Waals surface area contributed by atoms with Gasteiger partial charge in [0.05, 0.1) is 12.1 Å². The molecule has 1 aromatic heterocycles. The van der Waals surface area contributed by atoms with Crippen LogP contribution in [0.2, 0.25) is 0 Å². The maximum Gasteiger partial charge on any atom is 0.255 e. The Morgan fingerprint density at radius 1 is 1.69 bits per heavy atom. The molecule has 1 N–H and O–H groups in total. The summed E-state index contributed by atoms with van der Waals surface area (Å²) in [5.41, 5.74) is 0.826. The topological polar surface area (TPSA) is 65.6 Å². The van der Waals surface area contributed by atoms with Crippen LogP contribution in [0.1, 0.15) is 10.4 Å². The highest BCUT2D eigenvalue weighted by Crippen LogP contribution is 2.25. The van der Waals surface area contributed by atoms with E-state index in [1.165, 1.54) is 11.3 Å². The average Bonchev–Trinajstić information content (AvgIpc) is 2.53. The van der Waals surface area contributed by atoms with E-state index in [9.17, 15) is 4.79 Å². The van der Waals surface area contributed by atoms with E-state index in [0.717, 1.165) is 6.21 Å². The lowest BCUT2D eigenvalue weighted by Crippen LogP contribution is -1.84. The lowest BCUT2D eigenvalue weighted by molar-refractivity contribution is 0.108. The van der Waals surface area contributed by atoms with Crippen molar-refractivity contribution >= 4 is 40.1 Å². The fourth-order valence-corrected chi connectivity index (χ4v) is 1.62. The number of halogens is 1. The number of thiophene rings is 1. The summed E-state index contributed by atoms with van der Waals surface area (Å²) >= 11 is 6.62. The average molecular weight is 216 g/mol. The summed E-state index contributed by atoms with van der Waals surface area (Å²) in [5, 5.41) is 16.9. The Bertz CT molecular complexity index is 347. The molecule has 0 saturated carbocycles. The lowest BCUT2D eigenvalue weighted by atomic mass is 10.3. The summed E-state index contributed by atoms with van der Waals surface area (Å²) < 4.78 is 0. The number of hydrogen-bond acceptors (Lipinski definition) is 5. The Balaban J connectivity index is 2.82. The zero-order valence-corrected chi connectivity index (χ0v) is 8.10. The van der Waals surface area contributed by atoms with Gasteiger partial charge in [0.15, 0.2) is 0 Å².